The number of amides is 2. The quantitative estimate of drug-likeness (QED) is 0.660. The van der Waals surface area contributed by atoms with Crippen LogP contribution in [0.2, 0.25) is 0 Å². The number of hydrogen-bond donors (Lipinski definition) is 0. The highest BCUT2D eigenvalue weighted by atomic mass is 19.1. The lowest BCUT2D eigenvalue weighted by molar-refractivity contribution is -0.140. The van der Waals surface area contributed by atoms with Gasteiger partial charge in [0.25, 0.3) is 0 Å². The minimum absolute atomic E-state index is 0.0482. The molecule has 4 aliphatic rings. The Kier molecular flexibility index (Phi) is 6.04. The van der Waals surface area contributed by atoms with Gasteiger partial charge in [0.05, 0.1) is 12.0 Å². The molecule has 1 unspecified atom stereocenters. The number of hydrogen-bond acceptors (Lipinski definition) is 6. The number of halogens is 1. The summed E-state index contributed by atoms with van der Waals surface area (Å²) in [6, 6.07) is 6.60. The number of likely N-dealkylation sites (tertiary alicyclic amines) is 2. The zero-order valence-electron chi connectivity index (χ0n) is 19.8. The molecule has 0 radical (unpaired) electrons. The standard InChI is InChI=1S/C26H31FN4O4/c27-20-5-3-16(4-6-20)23(25-28-24(29-35-25)18-1-2-18)17-7-10-30(11-8-17)26(33)31-12-9-22-19(14-31)13-21(32)15-34-22/h3-6,17-19,22-23H,1-2,7-15H2/t19-,22+,23?/m1/s1. The SMILES string of the molecule is O=C1CO[C@H]2CCN(C(=O)N3CCC(C(c4ccc(F)cc4)c4nc(C5CC5)no4)CC3)C[C@H]2C1. The van der Waals surface area contributed by atoms with Gasteiger partial charge in [-0.15, -0.1) is 0 Å². The van der Waals surface area contributed by atoms with Crippen LogP contribution in [0.15, 0.2) is 28.8 Å². The predicted molar refractivity (Wildman–Crippen MR) is 123 cm³/mol. The Bertz CT molecular complexity index is 1080. The first-order valence-corrected chi connectivity index (χ1v) is 12.8. The van der Waals surface area contributed by atoms with E-state index in [-0.39, 0.29) is 48.1 Å². The largest absolute Gasteiger partial charge is 0.370 e. The number of rotatable bonds is 4. The number of urea groups is 1. The molecule has 3 aliphatic heterocycles. The van der Waals surface area contributed by atoms with Crippen molar-refractivity contribution < 1.29 is 23.2 Å². The Morgan fingerprint density at radius 3 is 2.51 bits per heavy atom. The van der Waals surface area contributed by atoms with Crippen LogP contribution in [0.4, 0.5) is 9.18 Å². The lowest BCUT2D eigenvalue weighted by Gasteiger charge is -2.43. The van der Waals surface area contributed by atoms with Gasteiger partial charge in [0.2, 0.25) is 5.89 Å². The molecule has 0 spiro atoms. The summed E-state index contributed by atoms with van der Waals surface area (Å²) in [7, 11) is 0. The van der Waals surface area contributed by atoms with Gasteiger partial charge in [-0.1, -0.05) is 17.3 Å². The van der Waals surface area contributed by atoms with Gasteiger partial charge in [0.1, 0.15) is 12.4 Å². The van der Waals surface area contributed by atoms with E-state index in [1.165, 1.54) is 12.1 Å². The Morgan fingerprint density at radius 2 is 1.77 bits per heavy atom. The summed E-state index contributed by atoms with van der Waals surface area (Å²) in [6.07, 6.45) is 5.18. The van der Waals surface area contributed by atoms with Crippen molar-refractivity contribution in [2.24, 2.45) is 11.8 Å². The number of piperidine rings is 2. The zero-order valence-corrected chi connectivity index (χ0v) is 19.8. The van der Waals surface area contributed by atoms with E-state index in [1.807, 2.05) is 9.80 Å². The summed E-state index contributed by atoms with van der Waals surface area (Å²) in [5, 5.41) is 4.21. The van der Waals surface area contributed by atoms with Crippen molar-refractivity contribution in [2.45, 2.75) is 56.5 Å². The second kappa shape index (κ2) is 9.33. The van der Waals surface area contributed by atoms with Crippen LogP contribution in [0.3, 0.4) is 0 Å². The molecule has 8 nitrogen and oxygen atoms in total. The van der Waals surface area contributed by atoms with Gasteiger partial charge in [-0.3, -0.25) is 4.79 Å². The third-order valence-corrected chi connectivity index (χ3v) is 8.06. The lowest BCUT2D eigenvalue weighted by Crippen LogP contribution is -2.54. The number of carbonyl (C=O) groups excluding carboxylic acids is 2. The zero-order chi connectivity index (χ0) is 23.9. The van der Waals surface area contributed by atoms with Gasteiger partial charge < -0.3 is 19.1 Å². The highest BCUT2D eigenvalue weighted by Crippen LogP contribution is 2.42. The number of aromatic nitrogens is 2. The maximum atomic E-state index is 13.6. The predicted octanol–water partition coefficient (Wildman–Crippen LogP) is 3.73. The van der Waals surface area contributed by atoms with E-state index < -0.39 is 0 Å². The number of Topliss-reactive ketones (excluding diaryl/α,β-unsaturated/α-hetero) is 1. The Balaban J connectivity index is 1.13. The minimum Gasteiger partial charge on any atom is -0.370 e. The fourth-order valence-corrected chi connectivity index (χ4v) is 5.94. The molecule has 9 heteroatoms. The molecule has 6 rings (SSSR count). The molecule has 2 aromatic rings. The minimum atomic E-state index is -0.272. The van der Waals surface area contributed by atoms with E-state index in [4.69, 9.17) is 14.2 Å². The van der Waals surface area contributed by atoms with Crippen molar-refractivity contribution in [2.75, 3.05) is 32.8 Å². The van der Waals surface area contributed by atoms with Crippen LogP contribution in [-0.2, 0) is 9.53 Å². The summed E-state index contributed by atoms with van der Waals surface area (Å²) in [4.78, 5) is 33.6. The van der Waals surface area contributed by atoms with Gasteiger partial charge >= 0.3 is 6.03 Å². The van der Waals surface area contributed by atoms with Gasteiger partial charge in [-0.25, -0.2) is 9.18 Å². The van der Waals surface area contributed by atoms with Crippen LogP contribution < -0.4 is 0 Å². The smallest absolute Gasteiger partial charge is 0.320 e. The topological polar surface area (TPSA) is 88.8 Å². The molecule has 4 fully saturated rings. The molecular formula is C26H31FN4O4. The average molecular weight is 483 g/mol. The van der Waals surface area contributed by atoms with Crippen LogP contribution in [0.1, 0.15) is 67.6 Å². The maximum Gasteiger partial charge on any atom is 0.320 e. The summed E-state index contributed by atoms with van der Waals surface area (Å²) < 4.78 is 25.0. The molecular weight excluding hydrogens is 451 g/mol. The van der Waals surface area contributed by atoms with Crippen molar-refractivity contribution in [1.82, 2.24) is 19.9 Å². The summed E-state index contributed by atoms with van der Waals surface area (Å²) in [5.41, 5.74) is 0.964. The first-order valence-electron chi connectivity index (χ1n) is 12.8. The number of fused-ring (bicyclic) bond motifs is 1. The van der Waals surface area contributed by atoms with E-state index in [9.17, 15) is 14.0 Å². The molecule has 0 bridgehead atoms. The van der Waals surface area contributed by atoms with E-state index in [1.54, 1.807) is 12.1 Å². The van der Waals surface area contributed by atoms with Gasteiger partial charge in [0, 0.05) is 44.4 Å². The first kappa shape index (κ1) is 22.6. The molecule has 2 amide bonds. The third-order valence-electron chi connectivity index (χ3n) is 8.06. The fourth-order valence-electron chi connectivity index (χ4n) is 5.94. The summed E-state index contributed by atoms with van der Waals surface area (Å²) >= 11 is 0. The Labute approximate surface area is 203 Å². The molecule has 3 atom stereocenters. The van der Waals surface area contributed by atoms with Gasteiger partial charge in [0.15, 0.2) is 11.6 Å². The number of ether oxygens (including phenoxy) is 1. The normalized spacial score (nSPS) is 26.5. The second-order valence-corrected chi connectivity index (χ2v) is 10.5. The van der Waals surface area contributed by atoms with Crippen LogP contribution in [0.5, 0.6) is 0 Å². The third kappa shape index (κ3) is 4.70. The molecule has 1 aromatic carbocycles. The maximum absolute atomic E-state index is 13.6. The number of ketones is 1. The van der Waals surface area contributed by atoms with Crippen molar-refractivity contribution in [3.05, 3.63) is 47.4 Å². The van der Waals surface area contributed by atoms with Gasteiger partial charge in [-0.2, -0.15) is 4.98 Å². The molecule has 3 saturated heterocycles. The van der Waals surface area contributed by atoms with Crippen LogP contribution >= 0.6 is 0 Å². The highest BCUT2D eigenvalue weighted by molar-refractivity contribution is 5.81. The Hall–Kier alpha value is -2.81. The number of carbonyl (C=O) groups is 2. The van der Waals surface area contributed by atoms with Crippen LogP contribution in [0, 0.1) is 17.7 Å². The molecule has 1 saturated carbocycles. The van der Waals surface area contributed by atoms with Gasteiger partial charge in [-0.05, 0) is 55.7 Å². The first-order chi connectivity index (χ1) is 17.0. The monoisotopic (exact) mass is 482 g/mol. The number of benzene rings is 1. The van der Waals surface area contributed by atoms with E-state index in [0.717, 1.165) is 43.5 Å². The molecule has 1 aromatic heterocycles. The van der Waals surface area contributed by atoms with Crippen LogP contribution in [-0.4, -0.2) is 70.6 Å². The van der Waals surface area contributed by atoms with E-state index >= 15 is 0 Å². The molecule has 4 heterocycles. The highest BCUT2D eigenvalue weighted by Gasteiger charge is 2.40. The average Bonchev–Trinajstić information content (AvgIpc) is 3.62. The summed E-state index contributed by atoms with van der Waals surface area (Å²) in [6.45, 7) is 2.74. The van der Waals surface area contributed by atoms with Crippen molar-refractivity contribution >= 4 is 11.8 Å². The van der Waals surface area contributed by atoms with Crippen LogP contribution in [0.25, 0.3) is 0 Å². The van der Waals surface area contributed by atoms with E-state index in [0.29, 0.717) is 44.4 Å². The molecule has 186 valence electrons. The van der Waals surface area contributed by atoms with Crippen molar-refractivity contribution in [1.29, 1.82) is 0 Å². The molecule has 35 heavy (non-hydrogen) atoms. The molecule has 1 aliphatic carbocycles. The van der Waals surface area contributed by atoms with Crippen molar-refractivity contribution in [3.63, 3.8) is 0 Å². The lowest BCUT2D eigenvalue weighted by atomic mass is 9.80. The van der Waals surface area contributed by atoms with E-state index in [2.05, 4.69) is 5.16 Å². The molecule has 0 N–H and O–H groups in total. The second-order valence-electron chi connectivity index (χ2n) is 10.5. The van der Waals surface area contributed by atoms with Crippen molar-refractivity contribution in [3.8, 4) is 0 Å². The number of nitrogens with zero attached hydrogens (tertiary/aromatic N) is 4. The fraction of sp³-hybridized carbons (Fsp3) is 0.615. The summed E-state index contributed by atoms with van der Waals surface area (Å²) in [5.74, 6) is 1.81. The Morgan fingerprint density at radius 1 is 1.03 bits per heavy atom.